The Labute approximate surface area is 161 Å². The molecule has 0 aliphatic carbocycles. The molecule has 1 saturated heterocycles. The predicted molar refractivity (Wildman–Crippen MR) is 107 cm³/mol. The summed E-state index contributed by atoms with van der Waals surface area (Å²) in [5.41, 5.74) is 2.18. The Morgan fingerprint density at radius 1 is 0.964 bits per heavy atom. The number of benzene rings is 3. The molecule has 138 valence electrons. The summed E-state index contributed by atoms with van der Waals surface area (Å²) < 4.78 is 4.68. The first-order valence-electron chi connectivity index (χ1n) is 8.82. The summed E-state index contributed by atoms with van der Waals surface area (Å²) in [5, 5.41) is 1.83. The van der Waals surface area contributed by atoms with Gasteiger partial charge in [-0.25, -0.2) is 9.69 Å². The van der Waals surface area contributed by atoms with Crippen molar-refractivity contribution in [3.8, 4) is 0 Å². The number of carbonyl (C=O) groups excluding carboxylic acids is 3. The number of anilines is 1. The van der Waals surface area contributed by atoms with Crippen LogP contribution in [-0.2, 0) is 14.3 Å². The molecule has 5 heteroatoms. The highest BCUT2D eigenvalue weighted by Crippen LogP contribution is 2.32. The Balaban J connectivity index is 1.67. The lowest BCUT2D eigenvalue weighted by Crippen LogP contribution is -2.29. The van der Waals surface area contributed by atoms with E-state index >= 15 is 0 Å². The third-order valence-electron chi connectivity index (χ3n) is 4.75. The highest BCUT2D eigenvalue weighted by atomic mass is 16.5. The SMILES string of the molecule is COC(=O)c1ccc(/C=C2\CC(=O)N(c3cccc4ccccc34)C2=O)cc1. The van der Waals surface area contributed by atoms with E-state index in [0.717, 1.165) is 16.3 Å². The highest BCUT2D eigenvalue weighted by molar-refractivity contribution is 6.31. The average Bonchev–Trinajstić information content (AvgIpc) is 3.00. The van der Waals surface area contributed by atoms with E-state index in [1.54, 1.807) is 36.4 Å². The zero-order chi connectivity index (χ0) is 19.7. The Morgan fingerprint density at radius 3 is 2.43 bits per heavy atom. The molecule has 0 saturated carbocycles. The van der Waals surface area contributed by atoms with Crippen LogP contribution in [0.1, 0.15) is 22.3 Å². The number of imide groups is 1. The van der Waals surface area contributed by atoms with Crippen molar-refractivity contribution >= 4 is 40.3 Å². The van der Waals surface area contributed by atoms with Gasteiger partial charge in [0, 0.05) is 11.0 Å². The molecule has 2 amide bonds. The first-order chi connectivity index (χ1) is 13.6. The van der Waals surface area contributed by atoms with Crippen LogP contribution in [0.15, 0.2) is 72.3 Å². The minimum Gasteiger partial charge on any atom is -0.465 e. The maximum absolute atomic E-state index is 12.9. The molecule has 1 fully saturated rings. The van der Waals surface area contributed by atoms with Crippen LogP contribution in [0.3, 0.4) is 0 Å². The average molecular weight is 371 g/mol. The largest absolute Gasteiger partial charge is 0.465 e. The second-order valence-electron chi connectivity index (χ2n) is 6.49. The van der Waals surface area contributed by atoms with Gasteiger partial charge < -0.3 is 4.74 Å². The fourth-order valence-corrected chi connectivity index (χ4v) is 3.37. The summed E-state index contributed by atoms with van der Waals surface area (Å²) in [6.07, 6.45) is 1.73. The smallest absolute Gasteiger partial charge is 0.337 e. The molecule has 4 rings (SSSR count). The molecule has 1 aliphatic heterocycles. The highest BCUT2D eigenvalue weighted by Gasteiger charge is 2.35. The van der Waals surface area contributed by atoms with Crippen LogP contribution in [0.4, 0.5) is 5.69 Å². The number of nitrogens with zero attached hydrogens (tertiary/aromatic N) is 1. The van der Waals surface area contributed by atoms with Gasteiger partial charge in [0.05, 0.1) is 24.8 Å². The van der Waals surface area contributed by atoms with E-state index in [9.17, 15) is 14.4 Å². The number of rotatable bonds is 3. The summed E-state index contributed by atoms with van der Waals surface area (Å²) in [4.78, 5) is 38.3. The van der Waals surface area contributed by atoms with Gasteiger partial charge in [-0.2, -0.15) is 0 Å². The van der Waals surface area contributed by atoms with Crippen molar-refractivity contribution in [3.63, 3.8) is 0 Å². The van der Waals surface area contributed by atoms with E-state index in [0.29, 0.717) is 16.8 Å². The predicted octanol–water partition coefficient (Wildman–Crippen LogP) is 3.97. The number of ether oxygens (including phenoxy) is 1. The number of esters is 1. The molecule has 3 aromatic rings. The number of hydrogen-bond acceptors (Lipinski definition) is 4. The van der Waals surface area contributed by atoms with Crippen LogP contribution in [0.2, 0.25) is 0 Å². The molecule has 3 aromatic carbocycles. The maximum atomic E-state index is 12.9. The fourth-order valence-electron chi connectivity index (χ4n) is 3.37. The maximum Gasteiger partial charge on any atom is 0.337 e. The van der Waals surface area contributed by atoms with Crippen molar-refractivity contribution < 1.29 is 19.1 Å². The molecule has 0 aromatic heterocycles. The summed E-state index contributed by atoms with van der Waals surface area (Å²) in [7, 11) is 1.32. The number of carbonyl (C=O) groups is 3. The number of amides is 2. The normalized spacial score (nSPS) is 15.5. The monoisotopic (exact) mass is 371 g/mol. The zero-order valence-electron chi connectivity index (χ0n) is 15.2. The van der Waals surface area contributed by atoms with Crippen LogP contribution in [0.25, 0.3) is 16.8 Å². The van der Waals surface area contributed by atoms with Gasteiger partial charge in [-0.3, -0.25) is 9.59 Å². The molecular formula is C23H17NO4. The van der Waals surface area contributed by atoms with Crippen molar-refractivity contribution in [1.82, 2.24) is 0 Å². The summed E-state index contributed by atoms with van der Waals surface area (Å²) in [6, 6.07) is 19.9. The zero-order valence-corrected chi connectivity index (χ0v) is 15.2. The van der Waals surface area contributed by atoms with Crippen LogP contribution < -0.4 is 4.90 Å². The molecule has 0 atom stereocenters. The number of hydrogen-bond donors (Lipinski definition) is 0. The Bertz CT molecular complexity index is 1120. The van der Waals surface area contributed by atoms with Gasteiger partial charge >= 0.3 is 5.97 Å². The summed E-state index contributed by atoms with van der Waals surface area (Å²) in [6.45, 7) is 0. The molecule has 0 unspecified atom stereocenters. The minimum atomic E-state index is -0.423. The Kier molecular flexibility index (Phi) is 4.49. The molecule has 1 aliphatic rings. The molecule has 0 spiro atoms. The molecule has 0 radical (unpaired) electrons. The van der Waals surface area contributed by atoms with E-state index in [1.165, 1.54) is 12.0 Å². The Hall–Kier alpha value is -3.73. The molecular weight excluding hydrogens is 354 g/mol. The summed E-state index contributed by atoms with van der Waals surface area (Å²) in [5.74, 6) is -0.995. The first kappa shape index (κ1) is 17.7. The van der Waals surface area contributed by atoms with E-state index in [4.69, 9.17) is 0 Å². The van der Waals surface area contributed by atoms with Crippen molar-refractivity contribution in [1.29, 1.82) is 0 Å². The second kappa shape index (κ2) is 7.12. The molecule has 5 nitrogen and oxygen atoms in total. The van der Waals surface area contributed by atoms with Gasteiger partial charge in [0.1, 0.15) is 0 Å². The van der Waals surface area contributed by atoms with Crippen molar-refractivity contribution in [2.24, 2.45) is 0 Å². The lowest BCUT2D eigenvalue weighted by atomic mass is 10.1. The fraction of sp³-hybridized carbons (Fsp3) is 0.0870. The van der Waals surface area contributed by atoms with Gasteiger partial charge in [-0.05, 0) is 35.2 Å². The van der Waals surface area contributed by atoms with E-state index in [1.807, 2.05) is 36.4 Å². The van der Waals surface area contributed by atoms with Crippen LogP contribution in [0.5, 0.6) is 0 Å². The van der Waals surface area contributed by atoms with Gasteiger partial charge in [0.15, 0.2) is 0 Å². The second-order valence-corrected chi connectivity index (χ2v) is 6.49. The van der Waals surface area contributed by atoms with Crippen LogP contribution in [0, 0.1) is 0 Å². The third-order valence-corrected chi connectivity index (χ3v) is 4.75. The van der Waals surface area contributed by atoms with Crippen LogP contribution in [-0.4, -0.2) is 24.9 Å². The van der Waals surface area contributed by atoms with Gasteiger partial charge in [-0.1, -0.05) is 48.5 Å². The van der Waals surface area contributed by atoms with E-state index in [2.05, 4.69) is 4.74 Å². The third kappa shape index (κ3) is 3.07. The van der Waals surface area contributed by atoms with Crippen molar-refractivity contribution in [2.75, 3.05) is 12.0 Å². The lowest BCUT2D eigenvalue weighted by molar-refractivity contribution is -0.120. The van der Waals surface area contributed by atoms with Gasteiger partial charge in [-0.15, -0.1) is 0 Å². The molecule has 0 N–H and O–H groups in total. The molecule has 0 bridgehead atoms. The first-order valence-corrected chi connectivity index (χ1v) is 8.82. The minimum absolute atomic E-state index is 0.0425. The van der Waals surface area contributed by atoms with E-state index < -0.39 is 5.97 Å². The molecule has 1 heterocycles. The topological polar surface area (TPSA) is 63.7 Å². The Morgan fingerprint density at radius 2 is 1.68 bits per heavy atom. The van der Waals surface area contributed by atoms with Gasteiger partial charge in [0.25, 0.3) is 5.91 Å². The number of fused-ring (bicyclic) bond motifs is 1. The standard InChI is InChI=1S/C23H17NO4/c1-28-23(27)17-11-9-15(10-12-17)13-18-14-21(25)24(22(18)26)20-8-4-6-16-5-2-3-7-19(16)20/h2-13H,14H2,1H3/b18-13+. The van der Waals surface area contributed by atoms with E-state index in [-0.39, 0.29) is 18.2 Å². The molecule has 28 heavy (non-hydrogen) atoms. The lowest BCUT2D eigenvalue weighted by Gasteiger charge is -2.16. The van der Waals surface area contributed by atoms with Crippen LogP contribution >= 0.6 is 0 Å². The van der Waals surface area contributed by atoms with Gasteiger partial charge in [0.2, 0.25) is 5.91 Å². The number of methoxy groups -OCH3 is 1. The quantitative estimate of drug-likeness (QED) is 0.397. The van der Waals surface area contributed by atoms with Crippen molar-refractivity contribution in [3.05, 3.63) is 83.4 Å². The summed E-state index contributed by atoms with van der Waals surface area (Å²) >= 11 is 0. The van der Waals surface area contributed by atoms with Crippen molar-refractivity contribution in [2.45, 2.75) is 6.42 Å².